The molecule has 1 aromatic rings. The third kappa shape index (κ3) is 2.66. The summed E-state index contributed by atoms with van der Waals surface area (Å²) in [5, 5.41) is 9.25. The maximum Gasteiger partial charge on any atom is 0.101 e. The fourth-order valence-electron chi connectivity index (χ4n) is 2.38. The molecule has 0 saturated carbocycles. The molecule has 0 aliphatic carbocycles. The van der Waals surface area contributed by atoms with Crippen LogP contribution in [-0.4, -0.2) is 44.2 Å². The summed E-state index contributed by atoms with van der Waals surface area (Å²) in [5.41, 5.74) is 7.55. The summed E-state index contributed by atoms with van der Waals surface area (Å²) in [6, 6.07) is 8.37. The molecular formula is C13H17BrN4. The van der Waals surface area contributed by atoms with Gasteiger partial charge in [-0.1, -0.05) is 15.9 Å². The molecule has 1 aromatic carbocycles. The zero-order chi connectivity index (χ0) is 13.1. The summed E-state index contributed by atoms with van der Waals surface area (Å²) in [7, 11) is 2.10. The Labute approximate surface area is 116 Å². The number of hydrogen-bond acceptors (Lipinski definition) is 4. The molecule has 1 fully saturated rings. The highest BCUT2D eigenvalue weighted by atomic mass is 79.9. The van der Waals surface area contributed by atoms with E-state index in [0.717, 1.165) is 29.8 Å². The number of rotatable bonds is 2. The second kappa shape index (κ2) is 5.70. The van der Waals surface area contributed by atoms with Gasteiger partial charge in [-0.3, -0.25) is 0 Å². The highest BCUT2D eigenvalue weighted by Gasteiger charge is 2.25. The van der Waals surface area contributed by atoms with Crippen LogP contribution in [0.5, 0.6) is 0 Å². The smallest absolute Gasteiger partial charge is 0.101 e. The van der Waals surface area contributed by atoms with Gasteiger partial charge in [-0.05, 0) is 25.2 Å². The van der Waals surface area contributed by atoms with E-state index in [2.05, 4.69) is 38.8 Å². The molecule has 0 aromatic heterocycles. The molecule has 4 nitrogen and oxygen atoms in total. The number of nitrogens with two attached hydrogens (primary N) is 1. The standard InChI is InChI=1S/C13H17BrN4/c1-17-4-5-18(12(8-16)9-17)13-3-2-11(14)6-10(13)7-15/h2-3,6,12H,4-5,8-9,16H2,1H3. The predicted octanol–water partition coefficient (Wildman–Crippen LogP) is 1.40. The highest BCUT2D eigenvalue weighted by molar-refractivity contribution is 9.10. The topological polar surface area (TPSA) is 56.3 Å². The maximum absolute atomic E-state index is 9.25. The van der Waals surface area contributed by atoms with E-state index in [1.165, 1.54) is 0 Å². The van der Waals surface area contributed by atoms with Crippen LogP contribution in [-0.2, 0) is 0 Å². The first-order valence-electron chi connectivity index (χ1n) is 6.00. The molecule has 1 heterocycles. The van der Waals surface area contributed by atoms with E-state index < -0.39 is 0 Å². The normalized spacial score (nSPS) is 20.8. The van der Waals surface area contributed by atoms with E-state index in [1.54, 1.807) is 0 Å². The van der Waals surface area contributed by atoms with Gasteiger partial charge in [0.2, 0.25) is 0 Å². The average Bonchev–Trinajstić information content (AvgIpc) is 2.38. The van der Waals surface area contributed by atoms with Crippen molar-refractivity contribution in [3.63, 3.8) is 0 Å². The zero-order valence-corrected chi connectivity index (χ0v) is 12.0. The van der Waals surface area contributed by atoms with Gasteiger partial charge in [0.15, 0.2) is 0 Å². The Kier molecular flexibility index (Phi) is 4.23. The number of likely N-dealkylation sites (N-methyl/N-ethyl adjacent to an activating group) is 1. The van der Waals surface area contributed by atoms with Gasteiger partial charge in [0, 0.05) is 30.7 Å². The average molecular weight is 309 g/mol. The lowest BCUT2D eigenvalue weighted by Gasteiger charge is -2.41. The Bertz CT molecular complexity index is 469. The number of anilines is 1. The van der Waals surface area contributed by atoms with Crippen molar-refractivity contribution in [1.82, 2.24) is 4.90 Å². The van der Waals surface area contributed by atoms with Crippen LogP contribution in [0.25, 0.3) is 0 Å². The molecule has 2 N–H and O–H groups in total. The van der Waals surface area contributed by atoms with E-state index in [4.69, 9.17) is 5.73 Å². The third-order valence-electron chi connectivity index (χ3n) is 3.35. The summed E-state index contributed by atoms with van der Waals surface area (Å²) in [6.45, 7) is 3.45. The second-order valence-corrected chi connectivity index (χ2v) is 5.53. The van der Waals surface area contributed by atoms with Crippen LogP contribution in [0.4, 0.5) is 5.69 Å². The number of halogens is 1. The number of benzene rings is 1. The minimum atomic E-state index is 0.275. The molecule has 0 radical (unpaired) electrons. The van der Waals surface area contributed by atoms with E-state index in [1.807, 2.05) is 18.2 Å². The van der Waals surface area contributed by atoms with Gasteiger partial charge in [0.1, 0.15) is 6.07 Å². The first-order valence-corrected chi connectivity index (χ1v) is 6.80. The first-order chi connectivity index (χ1) is 8.65. The lowest BCUT2D eigenvalue weighted by Crippen LogP contribution is -2.55. The molecule has 1 unspecified atom stereocenters. The number of hydrogen-bond donors (Lipinski definition) is 1. The van der Waals surface area contributed by atoms with Crippen molar-refractivity contribution in [3.05, 3.63) is 28.2 Å². The Morgan fingerprint density at radius 3 is 2.94 bits per heavy atom. The molecule has 1 saturated heterocycles. The van der Waals surface area contributed by atoms with Crippen molar-refractivity contribution in [3.8, 4) is 6.07 Å². The van der Waals surface area contributed by atoms with Crippen LogP contribution >= 0.6 is 15.9 Å². The minimum Gasteiger partial charge on any atom is -0.364 e. The van der Waals surface area contributed by atoms with E-state index in [9.17, 15) is 5.26 Å². The van der Waals surface area contributed by atoms with Gasteiger partial charge in [0.25, 0.3) is 0 Å². The molecule has 5 heteroatoms. The third-order valence-corrected chi connectivity index (χ3v) is 3.84. The highest BCUT2D eigenvalue weighted by Crippen LogP contribution is 2.26. The fraction of sp³-hybridized carbons (Fsp3) is 0.462. The van der Waals surface area contributed by atoms with Gasteiger partial charge in [0.05, 0.1) is 17.3 Å². The summed E-state index contributed by atoms with van der Waals surface area (Å²) in [4.78, 5) is 4.53. The fourth-order valence-corrected chi connectivity index (χ4v) is 2.74. The van der Waals surface area contributed by atoms with Crippen LogP contribution < -0.4 is 10.6 Å². The molecule has 1 aliphatic rings. The lowest BCUT2D eigenvalue weighted by molar-refractivity contribution is 0.269. The van der Waals surface area contributed by atoms with Crippen LogP contribution in [0.2, 0.25) is 0 Å². The Morgan fingerprint density at radius 1 is 1.50 bits per heavy atom. The molecular weight excluding hydrogens is 292 g/mol. The molecule has 0 amide bonds. The van der Waals surface area contributed by atoms with Crippen LogP contribution in [0, 0.1) is 11.3 Å². The molecule has 1 aliphatic heterocycles. The predicted molar refractivity (Wildman–Crippen MR) is 76.5 cm³/mol. The van der Waals surface area contributed by atoms with Crippen molar-refractivity contribution in [2.75, 3.05) is 38.1 Å². The van der Waals surface area contributed by atoms with Crippen molar-refractivity contribution in [2.45, 2.75) is 6.04 Å². The summed E-state index contributed by atoms with van der Waals surface area (Å²) >= 11 is 3.40. The van der Waals surface area contributed by atoms with Crippen LogP contribution in [0.3, 0.4) is 0 Å². The van der Waals surface area contributed by atoms with Crippen molar-refractivity contribution in [1.29, 1.82) is 5.26 Å². The van der Waals surface area contributed by atoms with Gasteiger partial charge >= 0.3 is 0 Å². The summed E-state index contributed by atoms with van der Waals surface area (Å²) in [5.74, 6) is 0. The van der Waals surface area contributed by atoms with Crippen molar-refractivity contribution < 1.29 is 0 Å². The summed E-state index contributed by atoms with van der Waals surface area (Å²) < 4.78 is 0.932. The maximum atomic E-state index is 9.25. The van der Waals surface area contributed by atoms with Gasteiger partial charge in [-0.25, -0.2) is 0 Å². The molecule has 96 valence electrons. The largest absolute Gasteiger partial charge is 0.364 e. The van der Waals surface area contributed by atoms with Crippen LogP contribution in [0.15, 0.2) is 22.7 Å². The molecule has 1 atom stereocenters. The monoisotopic (exact) mass is 308 g/mol. The Hall–Kier alpha value is -1.09. The van der Waals surface area contributed by atoms with E-state index in [0.29, 0.717) is 12.1 Å². The molecule has 0 bridgehead atoms. The lowest BCUT2D eigenvalue weighted by atomic mass is 10.1. The number of nitriles is 1. The molecule has 18 heavy (non-hydrogen) atoms. The second-order valence-electron chi connectivity index (χ2n) is 4.62. The van der Waals surface area contributed by atoms with Crippen molar-refractivity contribution >= 4 is 21.6 Å². The first kappa shape index (κ1) is 13.3. The molecule has 0 spiro atoms. The summed E-state index contributed by atoms with van der Waals surface area (Å²) in [6.07, 6.45) is 0. The SMILES string of the molecule is CN1CCN(c2ccc(Br)cc2C#N)C(CN)C1. The number of piperazine rings is 1. The van der Waals surface area contributed by atoms with Crippen LogP contribution in [0.1, 0.15) is 5.56 Å². The van der Waals surface area contributed by atoms with Gasteiger partial charge < -0.3 is 15.5 Å². The van der Waals surface area contributed by atoms with E-state index >= 15 is 0 Å². The van der Waals surface area contributed by atoms with Gasteiger partial charge in [-0.2, -0.15) is 5.26 Å². The van der Waals surface area contributed by atoms with E-state index in [-0.39, 0.29) is 6.04 Å². The van der Waals surface area contributed by atoms with Crippen molar-refractivity contribution in [2.24, 2.45) is 5.73 Å². The zero-order valence-electron chi connectivity index (χ0n) is 10.4. The Balaban J connectivity index is 2.33. The minimum absolute atomic E-state index is 0.275. The Morgan fingerprint density at radius 2 is 2.28 bits per heavy atom. The number of nitrogens with zero attached hydrogens (tertiary/aromatic N) is 3. The quantitative estimate of drug-likeness (QED) is 0.897. The van der Waals surface area contributed by atoms with Gasteiger partial charge in [-0.15, -0.1) is 0 Å². The molecule has 2 rings (SSSR count).